The minimum absolute atomic E-state index is 0.231. The lowest BCUT2D eigenvalue weighted by molar-refractivity contribution is -0.143. The van der Waals surface area contributed by atoms with Crippen molar-refractivity contribution < 1.29 is 14.6 Å². The second-order valence-electron chi connectivity index (χ2n) is 4.61. The first-order valence-electron chi connectivity index (χ1n) is 6.76. The smallest absolute Gasteiger partial charge is 0.323 e. The maximum Gasteiger partial charge on any atom is 0.323 e. The molecule has 0 bridgehead atoms. The number of phenols is 1. The Morgan fingerprint density at radius 3 is 2.58 bits per heavy atom. The van der Waals surface area contributed by atoms with Gasteiger partial charge in [-0.25, -0.2) is 0 Å². The zero-order valence-corrected chi connectivity index (χ0v) is 11.7. The second-order valence-corrected chi connectivity index (χ2v) is 4.61. The lowest BCUT2D eigenvalue weighted by Crippen LogP contribution is -2.39. The van der Waals surface area contributed by atoms with E-state index in [1.165, 1.54) is 7.11 Å². The van der Waals surface area contributed by atoms with Crippen molar-refractivity contribution in [2.24, 2.45) is 0 Å². The summed E-state index contributed by atoms with van der Waals surface area (Å²) in [6, 6.07) is 6.56. The summed E-state index contributed by atoms with van der Waals surface area (Å²) in [4.78, 5) is 11.7. The van der Waals surface area contributed by atoms with Gasteiger partial charge in [0.1, 0.15) is 11.8 Å². The van der Waals surface area contributed by atoms with E-state index in [0.29, 0.717) is 6.42 Å². The van der Waals surface area contributed by atoms with Crippen LogP contribution in [0.3, 0.4) is 0 Å². The van der Waals surface area contributed by atoms with E-state index in [1.54, 1.807) is 12.1 Å². The van der Waals surface area contributed by atoms with Crippen LogP contribution in [0.2, 0.25) is 0 Å². The number of phenolic OH excluding ortho intramolecular Hbond substituents is 1. The Hall–Kier alpha value is -1.55. The summed E-state index contributed by atoms with van der Waals surface area (Å²) in [5, 5.41) is 12.5. The molecule has 2 N–H and O–H groups in total. The molecule has 0 aliphatic heterocycles. The van der Waals surface area contributed by atoms with Gasteiger partial charge in [0, 0.05) is 0 Å². The Bertz CT molecular complexity index is 375. The molecule has 4 nitrogen and oxygen atoms in total. The minimum atomic E-state index is -0.327. The van der Waals surface area contributed by atoms with Gasteiger partial charge in [-0.1, -0.05) is 31.9 Å². The lowest BCUT2D eigenvalue weighted by atomic mass is 10.1. The van der Waals surface area contributed by atoms with Crippen LogP contribution >= 0.6 is 0 Å². The molecule has 0 amide bonds. The highest BCUT2D eigenvalue weighted by Gasteiger charge is 2.18. The molecule has 0 spiro atoms. The Morgan fingerprint density at radius 1 is 1.32 bits per heavy atom. The van der Waals surface area contributed by atoms with Crippen LogP contribution in [0.25, 0.3) is 0 Å². The maximum absolute atomic E-state index is 11.7. The molecule has 1 rings (SSSR count). The summed E-state index contributed by atoms with van der Waals surface area (Å²) >= 11 is 0. The van der Waals surface area contributed by atoms with Crippen LogP contribution < -0.4 is 5.32 Å². The topological polar surface area (TPSA) is 58.6 Å². The van der Waals surface area contributed by atoms with Crippen LogP contribution in [-0.2, 0) is 16.0 Å². The molecular weight excluding hydrogens is 242 g/mol. The summed E-state index contributed by atoms with van der Waals surface area (Å²) in [7, 11) is 1.40. The maximum atomic E-state index is 11.7. The largest absolute Gasteiger partial charge is 0.508 e. The molecule has 0 aliphatic rings. The first kappa shape index (κ1) is 15.5. The van der Waals surface area contributed by atoms with Gasteiger partial charge in [0.25, 0.3) is 0 Å². The normalized spacial score (nSPS) is 12.1. The highest BCUT2D eigenvalue weighted by molar-refractivity contribution is 5.76. The molecule has 0 saturated carbocycles. The van der Waals surface area contributed by atoms with E-state index in [1.807, 2.05) is 12.1 Å². The molecule has 19 heavy (non-hydrogen) atoms. The standard InChI is InChI=1S/C15H23NO3/c1-3-4-5-10-16-14(15(18)19-2)11-12-6-8-13(17)9-7-12/h6-9,14,16-17H,3-5,10-11H2,1-2H3. The number of carbonyl (C=O) groups is 1. The average Bonchev–Trinajstić information content (AvgIpc) is 2.43. The predicted octanol–water partition coefficient (Wildman–Crippen LogP) is 2.26. The molecule has 0 aliphatic carbocycles. The van der Waals surface area contributed by atoms with Gasteiger partial charge < -0.3 is 15.2 Å². The van der Waals surface area contributed by atoms with Gasteiger partial charge in [-0.05, 0) is 37.1 Å². The van der Waals surface area contributed by atoms with Crippen LogP contribution in [0, 0.1) is 0 Å². The molecule has 1 aromatic carbocycles. The third-order valence-electron chi connectivity index (χ3n) is 3.03. The summed E-state index contributed by atoms with van der Waals surface area (Å²) in [6.45, 7) is 2.96. The number of hydrogen-bond donors (Lipinski definition) is 2. The molecular formula is C15H23NO3. The number of rotatable bonds is 8. The van der Waals surface area contributed by atoms with E-state index in [4.69, 9.17) is 4.74 Å². The van der Waals surface area contributed by atoms with E-state index in [9.17, 15) is 9.90 Å². The molecule has 0 aromatic heterocycles. The molecule has 1 atom stereocenters. The van der Waals surface area contributed by atoms with Crippen molar-refractivity contribution in [2.75, 3.05) is 13.7 Å². The molecule has 4 heteroatoms. The molecule has 0 saturated heterocycles. The summed E-state index contributed by atoms with van der Waals surface area (Å²) in [5.41, 5.74) is 0.996. The molecule has 106 valence electrons. The zero-order valence-electron chi connectivity index (χ0n) is 11.7. The van der Waals surface area contributed by atoms with Crippen LogP contribution in [0.15, 0.2) is 24.3 Å². The van der Waals surface area contributed by atoms with Gasteiger partial charge in [0.15, 0.2) is 0 Å². The summed E-state index contributed by atoms with van der Waals surface area (Å²) in [6.07, 6.45) is 3.93. The number of benzene rings is 1. The van der Waals surface area contributed by atoms with Crippen molar-refractivity contribution >= 4 is 5.97 Å². The van der Waals surface area contributed by atoms with Crippen molar-refractivity contribution in [3.63, 3.8) is 0 Å². The van der Waals surface area contributed by atoms with E-state index in [2.05, 4.69) is 12.2 Å². The molecule has 0 heterocycles. The van der Waals surface area contributed by atoms with Gasteiger partial charge in [-0.3, -0.25) is 4.79 Å². The number of hydrogen-bond acceptors (Lipinski definition) is 4. The third-order valence-corrected chi connectivity index (χ3v) is 3.03. The van der Waals surface area contributed by atoms with Crippen LogP contribution in [0.4, 0.5) is 0 Å². The van der Waals surface area contributed by atoms with Gasteiger partial charge in [-0.15, -0.1) is 0 Å². The SMILES string of the molecule is CCCCCNC(Cc1ccc(O)cc1)C(=O)OC. The first-order chi connectivity index (χ1) is 9.17. The third kappa shape index (κ3) is 5.75. The predicted molar refractivity (Wildman–Crippen MR) is 75.1 cm³/mol. The number of aromatic hydroxyl groups is 1. The van der Waals surface area contributed by atoms with E-state index >= 15 is 0 Å². The van der Waals surface area contributed by atoms with Gasteiger partial charge in [-0.2, -0.15) is 0 Å². The Balaban J connectivity index is 2.53. The van der Waals surface area contributed by atoms with Gasteiger partial charge >= 0.3 is 5.97 Å². The summed E-state index contributed by atoms with van der Waals surface area (Å²) < 4.78 is 4.81. The number of nitrogens with one attached hydrogen (secondary N) is 1. The van der Waals surface area contributed by atoms with Crippen molar-refractivity contribution in [3.05, 3.63) is 29.8 Å². The molecule has 1 aromatic rings. The Morgan fingerprint density at radius 2 is 2.00 bits per heavy atom. The van der Waals surface area contributed by atoms with Gasteiger partial charge in [0.2, 0.25) is 0 Å². The first-order valence-corrected chi connectivity index (χ1v) is 6.76. The minimum Gasteiger partial charge on any atom is -0.508 e. The summed E-state index contributed by atoms with van der Waals surface area (Å²) in [5.74, 6) is -0.0150. The van der Waals surface area contributed by atoms with Crippen LogP contribution in [-0.4, -0.2) is 30.8 Å². The number of methoxy groups -OCH3 is 1. The van der Waals surface area contributed by atoms with Crippen molar-refractivity contribution in [3.8, 4) is 5.75 Å². The number of esters is 1. The lowest BCUT2D eigenvalue weighted by Gasteiger charge is -2.16. The monoisotopic (exact) mass is 265 g/mol. The fraction of sp³-hybridized carbons (Fsp3) is 0.533. The Kier molecular flexibility index (Phi) is 6.97. The number of ether oxygens (including phenoxy) is 1. The fourth-order valence-corrected chi connectivity index (χ4v) is 1.90. The fourth-order valence-electron chi connectivity index (χ4n) is 1.90. The van der Waals surface area contributed by atoms with Crippen LogP contribution in [0.5, 0.6) is 5.75 Å². The van der Waals surface area contributed by atoms with E-state index in [-0.39, 0.29) is 17.8 Å². The average molecular weight is 265 g/mol. The zero-order chi connectivity index (χ0) is 14.1. The number of unbranched alkanes of at least 4 members (excludes halogenated alkanes) is 2. The second kappa shape index (κ2) is 8.53. The van der Waals surface area contributed by atoms with Crippen molar-refractivity contribution in [1.82, 2.24) is 5.32 Å². The Labute approximate surface area is 114 Å². The highest BCUT2D eigenvalue weighted by atomic mass is 16.5. The molecule has 0 radical (unpaired) electrons. The van der Waals surface area contributed by atoms with Gasteiger partial charge in [0.05, 0.1) is 7.11 Å². The van der Waals surface area contributed by atoms with Crippen LogP contribution in [0.1, 0.15) is 31.7 Å². The van der Waals surface area contributed by atoms with Crippen molar-refractivity contribution in [1.29, 1.82) is 0 Å². The highest BCUT2D eigenvalue weighted by Crippen LogP contribution is 2.11. The quantitative estimate of drug-likeness (QED) is 0.559. The molecule has 1 unspecified atom stereocenters. The molecule has 0 fully saturated rings. The van der Waals surface area contributed by atoms with E-state index < -0.39 is 0 Å². The van der Waals surface area contributed by atoms with Crippen molar-refractivity contribution in [2.45, 2.75) is 38.6 Å². The van der Waals surface area contributed by atoms with E-state index in [0.717, 1.165) is 31.4 Å². The number of carbonyl (C=O) groups excluding carboxylic acids is 1.